The Morgan fingerprint density at radius 1 is 1.00 bits per heavy atom. The third-order valence-corrected chi connectivity index (χ3v) is 7.45. The summed E-state index contributed by atoms with van der Waals surface area (Å²) in [5.41, 5.74) is 2.93. The Hall–Kier alpha value is -2.58. The average molecular weight is 437 g/mol. The molecule has 162 valence electrons. The Labute approximate surface area is 186 Å². The summed E-state index contributed by atoms with van der Waals surface area (Å²) in [6.45, 7) is 3.86. The molecule has 5 rings (SSSR count). The van der Waals surface area contributed by atoms with E-state index in [4.69, 9.17) is 9.97 Å². The van der Waals surface area contributed by atoms with Crippen molar-refractivity contribution in [1.82, 2.24) is 25.2 Å². The summed E-state index contributed by atoms with van der Waals surface area (Å²) in [5.74, 6) is 0.351. The number of hydrogen-bond donors (Lipinski definition) is 1. The number of likely N-dealkylation sites (tertiary alicyclic amines) is 1. The molecule has 0 radical (unpaired) electrons. The van der Waals surface area contributed by atoms with E-state index in [9.17, 15) is 4.79 Å². The smallest absolute Gasteiger partial charge is 0.223 e. The fraction of sp³-hybridized carbons (Fsp3) is 0.478. The summed E-state index contributed by atoms with van der Waals surface area (Å²) < 4.78 is 0. The van der Waals surface area contributed by atoms with Crippen molar-refractivity contribution in [2.24, 2.45) is 5.92 Å². The van der Waals surface area contributed by atoms with Crippen molar-refractivity contribution in [2.45, 2.75) is 31.7 Å². The summed E-state index contributed by atoms with van der Waals surface area (Å²) in [5, 5.41) is 4.30. The fourth-order valence-electron chi connectivity index (χ4n) is 4.43. The van der Waals surface area contributed by atoms with Gasteiger partial charge in [0.2, 0.25) is 5.91 Å². The van der Waals surface area contributed by atoms with Gasteiger partial charge in [0.05, 0.1) is 5.69 Å². The molecule has 3 aromatic heterocycles. The van der Waals surface area contributed by atoms with E-state index in [1.807, 2.05) is 24.3 Å². The number of nitrogens with zero attached hydrogens (tertiary/aromatic N) is 5. The van der Waals surface area contributed by atoms with Gasteiger partial charge in [-0.05, 0) is 70.1 Å². The van der Waals surface area contributed by atoms with E-state index in [1.165, 1.54) is 0 Å². The lowest BCUT2D eigenvalue weighted by atomic mass is 9.95. The van der Waals surface area contributed by atoms with Crippen molar-refractivity contribution in [3.63, 3.8) is 0 Å². The Kier molecular flexibility index (Phi) is 5.82. The number of nitrogens with one attached hydrogen (secondary N) is 1. The van der Waals surface area contributed by atoms with E-state index in [2.05, 4.69) is 27.1 Å². The molecule has 8 heteroatoms. The van der Waals surface area contributed by atoms with Crippen LogP contribution in [0.1, 0.15) is 25.7 Å². The van der Waals surface area contributed by atoms with Crippen LogP contribution in [0.2, 0.25) is 0 Å². The third kappa shape index (κ3) is 4.55. The van der Waals surface area contributed by atoms with Crippen molar-refractivity contribution in [1.29, 1.82) is 0 Å². The standard InChI is InChI=1S/C23H28N6OS/c1-28-12-8-18(9-13-28)25-21(30)17-6-14-29(15-7-17)23-27-20-3-2-19(26-22(20)31-23)16-4-10-24-11-5-16/h2-5,10-11,17-18H,6-9,12-15H2,1H3,(H,25,30). The lowest BCUT2D eigenvalue weighted by Crippen LogP contribution is -2.47. The molecule has 2 saturated heterocycles. The van der Waals surface area contributed by atoms with Crippen molar-refractivity contribution < 1.29 is 4.79 Å². The summed E-state index contributed by atoms with van der Waals surface area (Å²) >= 11 is 1.63. The van der Waals surface area contributed by atoms with Crippen LogP contribution in [0, 0.1) is 5.92 Å². The minimum atomic E-state index is 0.113. The molecule has 7 nitrogen and oxygen atoms in total. The van der Waals surface area contributed by atoms with Crippen LogP contribution in [-0.4, -0.2) is 65.0 Å². The number of rotatable bonds is 4. The molecule has 1 N–H and O–H groups in total. The molecule has 2 aliphatic heterocycles. The number of pyridine rings is 2. The molecule has 0 aliphatic carbocycles. The Morgan fingerprint density at radius 3 is 2.48 bits per heavy atom. The SMILES string of the molecule is CN1CCC(NC(=O)C2CCN(c3nc4ccc(-c5ccncc5)nc4s3)CC2)CC1. The van der Waals surface area contributed by atoms with Gasteiger partial charge in [-0.25, -0.2) is 9.97 Å². The molecule has 2 fully saturated rings. The predicted octanol–water partition coefficient (Wildman–Crippen LogP) is 3.18. The molecule has 1 amide bonds. The first kappa shape index (κ1) is 20.3. The molecule has 0 unspecified atom stereocenters. The first-order valence-electron chi connectivity index (χ1n) is 11.1. The van der Waals surface area contributed by atoms with Gasteiger partial charge in [-0.3, -0.25) is 9.78 Å². The number of carbonyl (C=O) groups excluding carboxylic acids is 1. The summed E-state index contributed by atoms with van der Waals surface area (Å²) in [7, 11) is 2.14. The van der Waals surface area contributed by atoms with Crippen LogP contribution in [-0.2, 0) is 4.79 Å². The van der Waals surface area contributed by atoms with E-state index in [1.54, 1.807) is 23.7 Å². The van der Waals surface area contributed by atoms with Crippen LogP contribution in [0.25, 0.3) is 21.6 Å². The van der Waals surface area contributed by atoms with Gasteiger partial charge in [0.25, 0.3) is 0 Å². The van der Waals surface area contributed by atoms with Gasteiger partial charge in [-0.2, -0.15) is 0 Å². The molecule has 31 heavy (non-hydrogen) atoms. The lowest BCUT2D eigenvalue weighted by molar-refractivity contribution is -0.126. The van der Waals surface area contributed by atoms with Crippen molar-refractivity contribution in [2.75, 3.05) is 38.1 Å². The van der Waals surface area contributed by atoms with Crippen molar-refractivity contribution >= 4 is 32.7 Å². The third-order valence-electron chi connectivity index (χ3n) is 6.42. The normalized spacial score (nSPS) is 19.1. The molecule has 2 aliphatic rings. The second kappa shape index (κ2) is 8.88. The summed E-state index contributed by atoms with van der Waals surface area (Å²) in [6.07, 6.45) is 7.44. The molecule has 3 aromatic rings. The second-order valence-electron chi connectivity index (χ2n) is 8.60. The number of fused-ring (bicyclic) bond motifs is 1. The minimum absolute atomic E-state index is 0.113. The zero-order valence-electron chi connectivity index (χ0n) is 17.8. The van der Waals surface area contributed by atoms with Crippen LogP contribution in [0.15, 0.2) is 36.7 Å². The summed E-state index contributed by atoms with van der Waals surface area (Å²) in [6, 6.07) is 8.34. The number of hydrogen-bond acceptors (Lipinski definition) is 7. The van der Waals surface area contributed by atoms with Gasteiger partial charge in [-0.15, -0.1) is 0 Å². The van der Waals surface area contributed by atoms with Gasteiger partial charge in [0, 0.05) is 43.0 Å². The van der Waals surface area contributed by atoms with E-state index < -0.39 is 0 Å². The quantitative estimate of drug-likeness (QED) is 0.677. The van der Waals surface area contributed by atoms with E-state index >= 15 is 0 Å². The van der Waals surface area contributed by atoms with E-state index in [0.717, 1.165) is 78.6 Å². The van der Waals surface area contributed by atoms with E-state index in [-0.39, 0.29) is 11.8 Å². The van der Waals surface area contributed by atoms with Gasteiger partial charge in [0.15, 0.2) is 5.13 Å². The van der Waals surface area contributed by atoms with Crippen LogP contribution in [0.3, 0.4) is 0 Å². The fourth-order valence-corrected chi connectivity index (χ4v) is 5.42. The molecule has 0 saturated carbocycles. The molecule has 0 bridgehead atoms. The molecule has 0 spiro atoms. The Morgan fingerprint density at radius 2 is 1.74 bits per heavy atom. The first-order chi connectivity index (χ1) is 15.2. The monoisotopic (exact) mass is 436 g/mol. The van der Waals surface area contributed by atoms with E-state index in [0.29, 0.717) is 6.04 Å². The zero-order chi connectivity index (χ0) is 21.2. The maximum absolute atomic E-state index is 12.7. The van der Waals surface area contributed by atoms with Gasteiger partial charge in [0.1, 0.15) is 10.3 Å². The van der Waals surface area contributed by atoms with Gasteiger partial charge < -0.3 is 15.1 Å². The average Bonchev–Trinajstić information content (AvgIpc) is 3.25. The van der Waals surface area contributed by atoms with Gasteiger partial charge in [-0.1, -0.05) is 11.3 Å². The Balaban J connectivity index is 1.21. The minimum Gasteiger partial charge on any atom is -0.353 e. The van der Waals surface area contributed by atoms with Crippen LogP contribution < -0.4 is 10.2 Å². The Bertz CT molecular complexity index is 1040. The molecular formula is C23H28N6OS. The number of amides is 1. The van der Waals surface area contributed by atoms with Crippen LogP contribution in [0.5, 0.6) is 0 Å². The lowest BCUT2D eigenvalue weighted by Gasteiger charge is -2.33. The van der Waals surface area contributed by atoms with Crippen LogP contribution >= 0.6 is 11.3 Å². The number of piperidine rings is 2. The number of anilines is 1. The highest BCUT2D eigenvalue weighted by atomic mass is 32.1. The van der Waals surface area contributed by atoms with Crippen LogP contribution in [0.4, 0.5) is 5.13 Å². The second-order valence-corrected chi connectivity index (χ2v) is 9.56. The maximum atomic E-state index is 12.7. The highest BCUT2D eigenvalue weighted by Gasteiger charge is 2.28. The topological polar surface area (TPSA) is 74.2 Å². The molecule has 5 heterocycles. The largest absolute Gasteiger partial charge is 0.353 e. The first-order valence-corrected chi connectivity index (χ1v) is 11.9. The van der Waals surface area contributed by atoms with Gasteiger partial charge >= 0.3 is 0 Å². The van der Waals surface area contributed by atoms with Crippen molar-refractivity contribution in [3.8, 4) is 11.3 Å². The number of aromatic nitrogens is 3. The summed E-state index contributed by atoms with van der Waals surface area (Å²) in [4.78, 5) is 32.0. The van der Waals surface area contributed by atoms with Crippen molar-refractivity contribution in [3.05, 3.63) is 36.7 Å². The molecular weight excluding hydrogens is 408 g/mol. The number of thiazole rings is 1. The highest BCUT2D eigenvalue weighted by molar-refractivity contribution is 7.21. The highest BCUT2D eigenvalue weighted by Crippen LogP contribution is 2.32. The molecule has 0 atom stereocenters. The maximum Gasteiger partial charge on any atom is 0.223 e. The predicted molar refractivity (Wildman–Crippen MR) is 124 cm³/mol. The zero-order valence-corrected chi connectivity index (χ0v) is 18.6. The molecule has 0 aromatic carbocycles. The number of carbonyl (C=O) groups is 1.